The molecular weight excluding hydrogens is 286 g/mol. The molecule has 0 aromatic carbocycles. The first-order valence-electron chi connectivity index (χ1n) is 8.53. The van der Waals surface area contributed by atoms with E-state index in [0.29, 0.717) is 17.7 Å². The predicted molar refractivity (Wildman–Crippen MR) is 89.9 cm³/mol. The molecule has 5 nitrogen and oxygen atoms in total. The van der Waals surface area contributed by atoms with Crippen LogP contribution < -0.4 is 5.73 Å². The molecular formula is C18H23N5. The van der Waals surface area contributed by atoms with Gasteiger partial charge in [0.15, 0.2) is 0 Å². The Hall–Kier alpha value is -2.01. The van der Waals surface area contributed by atoms with Crippen molar-refractivity contribution < 1.29 is 0 Å². The van der Waals surface area contributed by atoms with E-state index in [1.807, 2.05) is 24.7 Å². The summed E-state index contributed by atoms with van der Waals surface area (Å²) in [5.74, 6) is 2.78. The highest BCUT2D eigenvalue weighted by Gasteiger charge is 2.27. The summed E-state index contributed by atoms with van der Waals surface area (Å²) in [6.07, 6.45) is 10.5. The number of anilines is 1. The van der Waals surface area contributed by atoms with Gasteiger partial charge in [0.05, 0.1) is 0 Å². The SMILES string of the molecule is Nc1nc(C2CC2)ncc1CN1CCC(c2cccnc2)CC1. The molecule has 3 heterocycles. The second-order valence-corrected chi connectivity index (χ2v) is 6.75. The zero-order valence-electron chi connectivity index (χ0n) is 13.4. The first-order valence-corrected chi connectivity index (χ1v) is 8.53. The molecule has 2 fully saturated rings. The van der Waals surface area contributed by atoms with Crippen molar-refractivity contribution in [2.75, 3.05) is 18.8 Å². The average molecular weight is 309 g/mol. The van der Waals surface area contributed by atoms with Gasteiger partial charge in [-0.1, -0.05) is 6.07 Å². The number of hydrogen-bond acceptors (Lipinski definition) is 5. The summed E-state index contributed by atoms with van der Waals surface area (Å²) in [5, 5.41) is 0. The van der Waals surface area contributed by atoms with Crippen LogP contribution in [-0.4, -0.2) is 32.9 Å². The standard InChI is InChI=1S/C18H23N5/c19-17-16(11-21-18(22-17)14-3-4-14)12-23-8-5-13(6-9-23)15-2-1-7-20-10-15/h1-2,7,10-11,13-14H,3-6,8-9,12H2,(H2,19,21,22). The zero-order valence-corrected chi connectivity index (χ0v) is 13.4. The van der Waals surface area contributed by atoms with Gasteiger partial charge < -0.3 is 5.73 Å². The van der Waals surface area contributed by atoms with Crippen LogP contribution in [0.5, 0.6) is 0 Å². The first kappa shape index (κ1) is 14.6. The molecule has 23 heavy (non-hydrogen) atoms. The molecule has 2 N–H and O–H groups in total. The molecule has 5 heteroatoms. The third-order valence-corrected chi connectivity index (χ3v) is 5.00. The van der Waals surface area contributed by atoms with Gasteiger partial charge in [-0.05, 0) is 56.3 Å². The lowest BCUT2D eigenvalue weighted by Gasteiger charge is -2.32. The van der Waals surface area contributed by atoms with E-state index in [4.69, 9.17) is 5.73 Å². The van der Waals surface area contributed by atoms with Gasteiger partial charge in [-0.15, -0.1) is 0 Å². The molecule has 0 atom stereocenters. The minimum absolute atomic E-state index is 0.557. The molecule has 0 unspecified atom stereocenters. The van der Waals surface area contributed by atoms with Gasteiger partial charge >= 0.3 is 0 Å². The van der Waals surface area contributed by atoms with Crippen LogP contribution in [0.15, 0.2) is 30.7 Å². The van der Waals surface area contributed by atoms with Crippen molar-refractivity contribution in [3.63, 3.8) is 0 Å². The number of nitrogens with two attached hydrogens (primary N) is 1. The summed E-state index contributed by atoms with van der Waals surface area (Å²) in [4.78, 5) is 15.7. The van der Waals surface area contributed by atoms with E-state index in [-0.39, 0.29) is 0 Å². The number of likely N-dealkylation sites (tertiary alicyclic amines) is 1. The fourth-order valence-electron chi connectivity index (χ4n) is 3.38. The average Bonchev–Trinajstić information content (AvgIpc) is 3.43. The van der Waals surface area contributed by atoms with Gasteiger partial charge in [0, 0.05) is 36.6 Å². The number of nitrogen functional groups attached to an aromatic ring is 1. The molecule has 2 aliphatic rings. The van der Waals surface area contributed by atoms with Crippen molar-refractivity contribution in [2.24, 2.45) is 0 Å². The molecule has 1 aliphatic carbocycles. The highest BCUT2D eigenvalue weighted by atomic mass is 15.1. The van der Waals surface area contributed by atoms with Crippen molar-refractivity contribution >= 4 is 5.82 Å². The lowest BCUT2D eigenvalue weighted by molar-refractivity contribution is 0.204. The van der Waals surface area contributed by atoms with E-state index < -0.39 is 0 Å². The van der Waals surface area contributed by atoms with Gasteiger partial charge in [-0.3, -0.25) is 9.88 Å². The van der Waals surface area contributed by atoms with Gasteiger partial charge in [-0.2, -0.15) is 0 Å². The van der Waals surface area contributed by atoms with Crippen molar-refractivity contribution in [1.82, 2.24) is 19.9 Å². The van der Waals surface area contributed by atoms with E-state index >= 15 is 0 Å². The Kier molecular flexibility index (Phi) is 3.95. The highest BCUT2D eigenvalue weighted by molar-refractivity contribution is 5.38. The molecule has 1 aliphatic heterocycles. The summed E-state index contributed by atoms with van der Waals surface area (Å²) in [5.41, 5.74) is 8.57. The number of hydrogen-bond donors (Lipinski definition) is 1. The Morgan fingerprint density at radius 1 is 1.09 bits per heavy atom. The number of aromatic nitrogens is 3. The van der Waals surface area contributed by atoms with Crippen LogP contribution in [0, 0.1) is 0 Å². The third kappa shape index (κ3) is 3.34. The Morgan fingerprint density at radius 3 is 2.57 bits per heavy atom. The fraction of sp³-hybridized carbons (Fsp3) is 0.500. The number of rotatable bonds is 4. The molecule has 0 spiro atoms. The quantitative estimate of drug-likeness (QED) is 0.940. The number of pyridine rings is 1. The minimum atomic E-state index is 0.557. The summed E-state index contributed by atoms with van der Waals surface area (Å²) >= 11 is 0. The molecule has 2 aromatic rings. The Bertz CT molecular complexity index is 660. The van der Waals surface area contributed by atoms with E-state index in [1.54, 1.807) is 0 Å². The lowest BCUT2D eigenvalue weighted by atomic mass is 9.90. The molecule has 1 saturated heterocycles. The van der Waals surface area contributed by atoms with Crippen LogP contribution in [0.4, 0.5) is 5.82 Å². The Morgan fingerprint density at radius 2 is 1.91 bits per heavy atom. The van der Waals surface area contributed by atoms with Crippen LogP contribution in [0.1, 0.15) is 54.5 Å². The summed E-state index contributed by atoms with van der Waals surface area (Å²) in [6.45, 7) is 3.03. The first-order chi connectivity index (χ1) is 11.3. The largest absolute Gasteiger partial charge is 0.383 e. The van der Waals surface area contributed by atoms with Gasteiger partial charge in [0.25, 0.3) is 0 Å². The van der Waals surface area contributed by atoms with Crippen molar-refractivity contribution in [3.8, 4) is 0 Å². The van der Waals surface area contributed by atoms with E-state index in [1.165, 1.54) is 31.2 Å². The van der Waals surface area contributed by atoms with Crippen LogP contribution in [0.2, 0.25) is 0 Å². The molecule has 4 rings (SSSR count). The maximum absolute atomic E-state index is 6.14. The van der Waals surface area contributed by atoms with Crippen molar-refractivity contribution in [3.05, 3.63) is 47.7 Å². The second kappa shape index (κ2) is 6.24. The van der Waals surface area contributed by atoms with Crippen LogP contribution in [0.3, 0.4) is 0 Å². The maximum atomic E-state index is 6.14. The molecule has 0 bridgehead atoms. The lowest BCUT2D eigenvalue weighted by Crippen LogP contribution is -2.32. The normalized spacial score (nSPS) is 19.8. The zero-order chi connectivity index (χ0) is 15.6. The van der Waals surface area contributed by atoms with Gasteiger partial charge in [-0.25, -0.2) is 9.97 Å². The molecule has 0 amide bonds. The highest BCUT2D eigenvalue weighted by Crippen LogP contribution is 2.38. The molecule has 0 radical (unpaired) electrons. The van der Waals surface area contributed by atoms with Crippen LogP contribution in [-0.2, 0) is 6.54 Å². The van der Waals surface area contributed by atoms with E-state index in [0.717, 1.165) is 31.0 Å². The Balaban J connectivity index is 1.36. The predicted octanol–water partition coefficient (Wildman–Crippen LogP) is 2.71. The van der Waals surface area contributed by atoms with Crippen LogP contribution >= 0.6 is 0 Å². The fourth-order valence-corrected chi connectivity index (χ4v) is 3.38. The van der Waals surface area contributed by atoms with Crippen molar-refractivity contribution in [2.45, 2.75) is 44.1 Å². The monoisotopic (exact) mass is 309 g/mol. The van der Waals surface area contributed by atoms with Crippen LogP contribution in [0.25, 0.3) is 0 Å². The molecule has 1 saturated carbocycles. The number of piperidine rings is 1. The smallest absolute Gasteiger partial charge is 0.133 e. The minimum Gasteiger partial charge on any atom is -0.383 e. The van der Waals surface area contributed by atoms with Gasteiger partial charge in [0.2, 0.25) is 0 Å². The number of nitrogens with zero attached hydrogens (tertiary/aromatic N) is 4. The Labute approximate surface area is 137 Å². The molecule has 2 aromatic heterocycles. The summed E-state index contributed by atoms with van der Waals surface area (Å²) < 4.78 is 0. The second-order valence-electron chi connectivity index (χ2n) is 6.75. The summed E-state index contributed by atoms with van der Waals surface area (Å²) in [6, 6.07) is 4.22. The maximum Gasteiger partial charge on any atom is 0.133 e. The van der Waals surface area contributed by atoms with Gasteiger partial charge in [0.1, 0.15) is 11.6 Å². The molecule has 120 valence electrons. The topological polar surface area (TPSA) is 67.9 Å². The summed E-state index contributed by atoms with van der Waals surface area (Å²) in [7, 11) is 0. The van der Waals surface area contributed by atoms with Crippen molar-refractivity contribution in [1.29, 1.82) is 0 Å². The van der Waals surface area contributed by atoms with E-state index in [2.05, 4.69) is 25.9 Å². The van der Waals surface area contributed by atoms with E-state index in [9.17, 15) is 0 Å². The third-order valence-electron chi connectivity index (χ3n) is 5.00.